The van der Waals surface area contributed by atoms with Crippen molar-refractivity contribution in [2.75, 3.05) is 0 Å². The molecule has 29 heavy (non-hydrogen) atoms. The van der Waals surface area contributed by atoms with Crippen LogP contribution in [0.25, 0.3) is 0 Å². The van der Waals surface area contributed by atoms with Gasteiger partial charge < -0.3 is 16.8 Å². The molecule has 4 rings (SSSR count). The lowest BCUT2D eigenvalue weighted by molar-refractivity contribution is 0.183. The van der Waals surface area contributed by atoms with Gasteiger partial charge in [-0.25, -0.2) is 0 Å². The first-order chi connectivity index (χ1) is 14.1. The average molecular weight is 404 g/mol. The van der Waals surface area contributed by atoms with E-state index in [4.69, 9.17) is 11.5 Å². The number of nitrogens with one attached hydrogen (secondary N) is 1. The minimum Gasteiger partial charge on any atom is -0.328 e. The Kier molecular flexibility index (Phi) is 8.34. The van der Waals surface area contributed by atoms with Gasteiger partial charge in [0.1, 0.15) is 0 Å². The van der Waals surface area contributed by atoms with E-state index < -0.39 is 0 Å². The monoisotopic (exact) mass is 403 g/mol. The normalized spacial score (nSPS) is 44.5. The zero-order chi connectivity index (χ0) is 20.1. The zero-order valence-electron chi connectivity index (χ0n) is 19.0. The van der Waals surface area contributed by atoms with Crippen molar-refractivity contribution in [1.82, 2.24) is 5.32 Å². The van der Waals surface area contributed by atoms with Crippen molar-refractivity contribution in [1.29, 1.82) is 0 Å². The molecule has 0 radical (unpaired) electrons. The van der Waals surface area contributed by atoms with Gasteiger partial charge in [0.05, 0.1) is 0 Å². The molecule has 0 aromatic heterocycles. The molecule has 0 saturated heterocycles. The quantitative estimate of drug-likeness (QED) is 0.548. The second kappa shape index (κ2) is 11.0. The Morgan fingerprint density at radius 3 is 1.00 bits per heavy atom. The molecule has 3 nitrogen and oxygen atoms in total. The van der Waals surface area contributed by atoms with E-state index >= 15 is 0 Å². The summed E-state index contributed by atoms with van der Waals surface area (Å²) in [5, 5.41) is 4.08. The van der Waals surface area contributed by atoms with Gasteiger partial charge in [0, 0.05) is 24.2 Å². The van der Waals surface area contributed by atoms with Gasteiger partial charge in [-0.2, -0.15) is 0 Å². The van der Waals surface area contributed by atoms with E-state index in [1.807, 2.05) is 0 Å². The lowest BCUT2D eigenvalue weighted by Gasteiger charge is -2.37. The molecular weight excluding hydrogens is 354 g/mol. The molecule has 0 spiro atoms. The van der Waals surface area contributed by atoms with Gasteiger partial charge in [0.2, 0.25) is 0 Å². The molecular formula is C26H49N3. The molecule has 0 bridgehead atoms. The Bertz CT molecular complexity index is 407. The summed E-state index contributed by atoms with van der Waals surface area (Å²) in [6.07, 6.45) is 25.3. The Morgan fingerprint density at radius 1 is 0.414 bits per heavy atom. The van der Waals surface area contributed by atoms with E-state index in [0.717, 1.165) is 35.8 Å². The van der Waals surface area contributed by atoms with E-state index in [1.165, 1.54) is 116 Å². The topological polar surface area (TPSA) is 64.1 Å². The maximum atomic E-state index is 6.08. The molecule has 5 N–H and O–H groups in total. The van der Waals surface area contributed by atoms with Gasteiger partial charge in [-0.1, -0.05) is 0 Å². The van der Waals surface area contributed by atoms with Gasteiger partial charge >= 0.3 is 0 Å². The minimum atomic E-state index is 0.502. The Labute approximate surface area is 180 Å². The average Bonchev–Trinajstić information content (AvgIpc) is 2.74. The van der Waals surface area contributed by atoms with Crippen LogP contribution in [0, 0.1) is 23.7 Å². The molecule has 0 heterocycles. The smallest absolute Gasteiger partial charge is 0.00698 e. The first kappa shape index (κ1) is 22.1. The zero-order valence-corrected chi connectivity index (χ0v) is 19.0. The van der Waals surface area contributed by atoms with Crippen LogP contribution >= 0.6 is 0 Å². The predicted octanol–water partition coefficient (Wildman–Crippen LogP) is 5.51. The van der Waals surface area contributed by atoms with Crippen LogP contribution in [0.1, 0.15) is 116 Å². The largest absolute Gasteiger partial charge is 0.328 e. The summed E-state index contributed by atoms with van der Waals surface area (Å²) < 4.78 is 0. The Morgan fingerprint density at radius 2 is 0.690 bits per heavy atom. The summed E-state index contributed by atoms with van der Waals surface area (Å²) in [6.45, 7) is 0. The van der Waals surface area contributed by atoms with Crippen LogP contribution in [0.3, 0.4) is 0 Å². The molecule has 4 aliphatic rings. The van der Waals surface area contributed by atoms with Crippen LogP contribution in [0.5, 0.6) is 0 Å². The molecule has 0 unspecified atom stereocenters. The first-order valence-corrected chi connectivity index (χ1v) is 13.4. The highest BCUT2D eigenvalue weighted by Crippen LogP contribution is 2.37. The van der Waals surface area contributed by atoms with Crippen molar-refractivity contribution >= 4 is 0 Å². The van der Waals surface area contributed by atoms with E-state index in [1.54, 1.807) is 0 Å². The molecule has 0 aromatic rings. The maximum absolute atomic E-state index is 6.08. The van der Waals surface area contributed by atoms with Gasteiger partial charge in [-0.3, -0.25) is 0 Å². The third-order valence-corrected chi connectivity index (χ3v) is 9.28. The van der Waals surface area contributed by atoms with Gasteiger partial charge in [0.25, 0.3) is 0 Å². The molecule has 0 aromatic carbocycles. The molecule has 4 saturated carbocycles. The SMILES string of the molecule is NC1CCC(CC2CCC(NC3CCC(CC4CCC(N)CC4)CC3)CC2)CC1. The maximum Gasteiger partial charge on any atom is 0.00698 e. The van der Waals surface area contributed by atoms with Crippen LogP contribution in [0.4, 0.5) is 0 Å². The second-order valence-corrected chi connectivity index (χ2v) is 11.6. The van der Waals surface area contributed by atoms with Crippen molar-refractivity contribution in [3.8, 4) is 0 Å². The number of rotatable bonds is 6. The van der Waals surface area contributed by atoms with Crippen molar-refractivity contribution < 1.29 is 0 Å². The third-order valence-electron chi connectivity index (χ3n) is 9.28. The minimum absolute atomic E-state index is 0.502. The van der Waals surface area contributed by atoms with Crippen molar-refractivity contribution in [3.63, 3.8) is 0 Å². The Hall–Kier alpha value is -0.120. The highest BCUT2D eigenvalue weighted by Gasteiger charge is 2.29. The molecule has 4 fully saturated rings. The van der Waals surface area contributed by atoms with Crippen molar-refractivity contribution in [2.45, 2.75) is 140 Å². The van der Waals surface area contributed by atoms with Crippen LogP contribution in [0.15, 0.2) is 0 Å². The summed E-state index contributed by atoms with van der Waals surface area (Å²) in [5.74, 6) is 3.98. The number of hydrogen-bond acceptors (Lipinski definition) is 3. The molecule has 3 heteroatoms. The fourth-order valence-corrected chi connectivity index (χ4v) is 7.25. The predicted molar refractivity (Wildman–Crippen MR) is 124 cm³/mol. The van der Waals surface area contributed by atoms with E-state index in [0.29, 0.717) is 12.1 Å². The summed E-state index contributed by atoms with van der Waals surface area (Å²) in [4.78, 5) is 0. The molecule has 0 aliphatic heterocycles. The standard InChI is InChI=1S/C26H49N3/c27-23-9-1-19(2-10-23)17-21-5-13-25(14-6-21)29-26-15-7-22(8-16-26)18-20-3-11-24(28)12-4-20/h19-26,29H,1-18,27-28H2. The lowest BCUT2D eigenvalue weighted by atomic mass is 9.74. The highest BCUT2D eigenvalue weighted by atomic mass is 15.0. The van der Waals surface area contributed by atoms with Crippen LogP contribution in [0.2, 0.25) is 0 Å². The van der Waals surface area contributed by atoms with Gasteiger partial charge in [0.15, 0.2) is 0 Å². The number of hydrogen-bond donors (Lipinski definition) is 3. The fourth-order valence-electron chi connectivity index (χ4n) is 7.25. The Balaban J connectivity index is 1.08. The third kappa shape index (κ3) is 6.94. The summed E-state index contributed by atoms with van der Waals surface area (Å²) in [6, 6.07) is 2.63. The van der Waals surface area contributed by atoms with Crippen molar-refractivity contribution in [3.05, 3.63) is 0 Å². The molecule has 168 valence electrons. The van der Waals surface area contributed by atoms with Crippen molar-refractivity contribution in [2.24, 2.45) is 35.1 Å². The number of nitrogens with two attached hydrogens (primary N) is 2. The summed E-state index contributed by atoms with van der Waals surface area (Å²) in [5.41, 5.74) is 12.2. The first-order valence-electron chi connectivity index (χ1n) is 13.4. The fraction of sp³-hybridized carbons (Fsp3) is 1.00. The molecule has 0 atom stereocenters. The second-order valence-electron chi connectivity index (χ2n) is 11.6. The van der Waals surface area contributed by atoms with Crippen LogP contribution in [-0.4, -0.2) is 24.2 Å². The summed E-state index contributed by atoms with van der Waals surface area (Å²) in [7, 11) is 0. The lowest BCUT2D eigenvalue weighted by Crippen LogP contribution is -2.42. The summed E-state index contributed by atoms with van der Waals surface area (Å²) >= 11 is 0. The molecule has 0 amide bonds. The van der Waals surface area contributed by atoms with E-state index in [2.05, 4.69) is 5.32 Å². The van der Waals surface area contributed by atoms with Gasteiger partial charge in [-0.05, 0) is 139 Å². The van der Waals surface area contributed by atoms with E-state index in [9.17, 15) is 0 Å². The van der Waals surface area contributed by atoms with Gasteiger partial charge in [-0.15, -0.1) is 0 Å². The van der Waals surface area contributed by atoms with E-state index in [-0.39, 0.29) is 0 Å². The molecule has 4 aliphatic carbocycles. The van der Waals surface area contributed by atoms with Crippen LogP contribution < -0.4 is 16.8 Å². The highest BCUT2D eigenvalue weighted by molar-refractivity contribution is 4.86. The van der Waals surface area contributed by atoms with Crippen LogP contribution in [-0.2, 0) is 0 Å².